The van der Waals surface area contributed by atoms with Crippen molar-refractivity contribution in [3.05, 3.63) is 60.3 Å². The summed E-state index contributed by atoms with van der Waals surface area (Å²) >= 11 is 0. The van der Waals surface area contributed by atoms with Crippen molar-refractivity contribution in [1.82, 2.24) is 9.47 Å². The molecule has 0 N–H and O–H groups in total. The van der Waals surface area contributed by atoms with E-state index in [1.807, 2.05) is 47.4 Å². The molecular weight excluding hydrogens is 328 g/mol. The van der Waals surface area contributed by atoms with Crippen LogP contribution in [-0.4, -0.2) is 41.7 Å². The molecule has 134 valence electrons. The number of methoxy groups -OCH3 is 1. The Bertz CT molecular complexity index is 941. The summed E-state index contributed by atoms with van der Waals surface area (Å²) in [5, 5.41) is 1.10. The fraction of sp³-hybridized carbons (Fsp3) is 0.286. The van der Waals surface area contributed by atoms with Crippen LogP contribution in [0.5, 0.6) is 11.5 Å². The third-order valence-corrected chi connectivity index (χ3v) is 4.86. The van der Waals surface area contributed by atoms with Gasteiger partial charge >= 0.3 is 0 Å². The summed E-state index contributed by atoms with van der Waals surface area (Å²) in [5.74, 6) is 1.48. The molecule has 2 heterocycles. The van der Waals surface area contributed by atoms with Gasteiger partial charge in [0.05, 0.1) is 20.2 Å². The molecule has 0 atom stereocenters. The summed E-state index contributed by atoms with van der Waals surface area (Å²) in [5.41, 5.74) is 1.88. The van der Waals surface area contributed by atoms with E-state index in [2.05, 4.69) is 23.8 Å². The largest absolute Gasteiger partial charge is 0.493 e. The highest BCUT2D eigenvalue weighted by atomic mass is 16.5. The van der Waals surface area contributed by atoms with Crippen LogP contribution < -0.4 is 9.47 Å². The molecule has 5 nitrogen and oxygen atoms in total. The van der Waals surface area contributed by atoms with E-state index in [1.54, 1.807) is 7.11 Å². The van der Waals surface area contributed by atoms with E-state index in [0.29, 0.717) is 18.8 Å². The molecule has 1 aliphatic rings. The number of nitrogens with zero attached hydrogens (tertiary/aromatic N) is 2. The average molecular weight is 350 g/mol. The van der Waals surface area contributed by atoms with E-state index < -0.39 is 0 Å². The molecule has 2 aromatic carbocycles. The molecule has 0 unspecified atom stereocenters. The van der Waals surface area contributed by atoms with Gasteiger partial charge in [-0.2, -0.15) is 0 Å². The summed E-state index contributed by atoms with van der Waals surface area (Å²) in [6, 6.07) is 15.5. The molecule has 5 heteroatoms. The standard InChI is InChI=1S/C21H22N2O3/c1-3-22-11-10-15-12-16(8-9-18(15)22)21(24)23-13-17(14-23)26-20-7-5-4-6-19(20)25-2/h4-12,17H,3,13-14H2,1-2H3. The number of rotatable bonds is 5. The van der Waals surface area contributed by atoms with E-state index in [1.165, 1.54) is 0 Å². The van der Waals surface area contributed by atoms with Crippen molar-refractivity contribution in [1.29, 1.82) is 0 Å². The van der Waals surface area contributed by atoms with Gasteiger partial charge in [-0.15, -0.1) is 0 Å². The van der Waals surface area contributed by atoms with Gasteiger partial charge in [-0.3, -0.25) is 4.79 Å². The Hall–Kier alpha value is -2.95. The quantitative estimate of drug-likeness (QED) is 0.706. The number of fused-ring (bicyclic) bond motifs is 1. The van der Waals surface area contributed by atoms with Crippen molar-refractivity contribution in [2.24, 2.45) is 0 Å². The van der Waals surface area contributed by atoms with Crippen LogP contribution in [0.15, 0.2) is 54.7 Å². The lowest BCUT2D eigenvalue weighted by atomic mass is 10.1. The van der Waals surface area contributed by atoms with Crippen molar-refractivity contribution in [2.75, 3.05) is 20.2 Å². The molecule has 1 aliphatic heterocycles. The minimum absolute atomic E-state index is 0.000144. The fourth-order valence-electron chi connectivity index (χ4n) is 3.37. The van der Waals surface area contributed by atoms with Gasteiger partial charge < -0.3 is 18.9 Å². The molecule has 4 rings (SSSR count). The Morgan fingerprint density at radius 1 is 1.12 bits per heavy atom. The predicted molar refractivity (Wildman–Crippen MR) is 101 cm³/mol. The predicted octanol–water partition coefficient (Wildman–Crippen LogP) is 3.57. The van der Waals surface area contributed by atoms with Crippen molar-refractivity contribution in [3.8, 4) is 11.5 Å². The minimum atomic E-state index is 0.000144. The number of carbonyl (C=O) groups excluding carboxylic acids is 1. The Balaban J connectivity index is 1.41. The van der Waals surface area contributed by atoms with Gasteiger partial charge in [0.25, 0.3) is 5.91 Å². The Kier molecular flexibility index (Phi) is 4.29. The third kappa shape index (κ3) is 2.90. The van der Waals surface area contributed by atoms with Crippen LogP contribution in [0, 0.1) is 0 Å². The number of amides is 1. The highest BCUT2D eigenvalue weighted by Crippen LogP contribution is 2.29. The SMILES string of the molecule is CCn1ccc2cc(C(=O)N3CC(Oc4ccccc4OC)C3)ccc21. The molecule has 1 saturated heterocycles. The first-order valence-electron chi connectivity index (χ1n) is 8.87. The number of likely N-dealkylation sites (tertiary alicyclic amines) is 1. The molecule has 0 bridgehead atoms. The molecule has 1 amide bonds. The van der Waals surface area contributed by atoms with Crippen LogP contribution in [0.2, 0.25) is 0 Å². The summed E-state index contributed by atoms with van der Waals surface area (Å²) in [4.78, 5) is 14.5. The molecular formula is C21H22N2O3. The van der Waals surface area contributed by atoms with Crippen LogP contribution in [0.3, 0.4) is 0 Å². The molecule has 26 heavy (non-hydrogen) atoms. The van der Waals surface area contributed by atoms with Crippen LogP contribution >= 0.6 is 0 Å². The zero-order valence-electron chi connectivity index (χ0n) is 15.0. The van der Waals surface area contributed by atoms with Crippen LogP contribution in [-0.2, 0) is 6.54 Å². The Morgan fingerprint density at radius 2 is 1.88 bits per heavy atom. The van der Waals surface area contributed by atoms with Gasteiger partial charge in [0, 0.05) is 29.2 Å². The van der Waals surface area contributed by atoms with Crippen molar-refractivity contribution >= 4 is 16.8 Å². The summed E-state index contributed by atoms with van der Waals surface area (Å²) in [6.45, 7) is 4.21. The zero-order valence-corrected chi connectivity index (χ0v) is 15.0. The maximum absolute atomic E-state index is 12.7. The second kappa shape index (κ2) is 6.75. The second-order valence-electron chi connectivity index (χ2n) is 6.48. The lowest BCUT2D eigenvalue weighted by molar-refractivity contribution is 0.0169. The number of hydrogen-bond donors (Lipinski definition) is 0. The van der Waals surface area contributed by atoms with Gasteiger partial charge in [0.1, 0.15) is 6.10 Å². The summed E-state index contributed by atoms with van der Waals surface area (Å²) in [6.07, 6.45) is 2.06. The monoisotopic (exact) mass is 350 g/mol. The Morgan fingerprint density at radius 3 is 2.62 bits per heavy atom. The van der Waals surface area contributed by atoms with Crippen molar-refractivity contribution in [3.63, 3.8) is 0 Å². The fourth-order valence-corrected chi connectivity index (χ4v) is 3.37. The van der Waals surface area contributed by atoms with E-state index in [9.17, 15) is 4.79 Å². The first-order chi connectivity index (χ1) is 12.7. The number of ether oxygens (including phenoxy) is 2. The topological polar surface area (TPSA) is 43.7 Å². The molecule has 3 aromatic rings. The summed E-state index contributed by atoms with van der Waals surface area (Å²) in [7, 11) is 1.63. The number of para-hydroxylation sites is 2. The molecule has 0 radical (unpaired) electrons. The number of hydrogen-bond acceptors (Lipinski definition) is 3. The molecule has 0 spiro atoms. The first-order valence-corrected chi connectivity index (χ1v) is 8.87. The average Bonchev–Trinajstić information content (AvgIpc) is 3.06. The van der Waals surface area contributed by atoms with Crippen LogP contribution in [0.1, 0.15) is 17.3 Å². The normalized spacial score (nSPS) is 14.3. The number of benzene rings is 2. The lowest BCUT2D eigenvalue weighted by Gasteiger charge is -2.39. The van der Waals surface area contributed by atoms with Gasteiger partial charge in [0.15, 0.2) is 11.5 Å². The lowest BCUT2D eigenvalue weighted by Crippen LogP contribution is -2.56. The minimum Gasteiger partial charge on any atom is -0.493 e. The van der Waals surface area contributed by atoms with Gasteiger partial charge in [-0.1, -0.05) is 12.1 Å². The first kappa shape index (κ1) is 16.5. The maximum Gasteiger partial charge on any atom is 0.254 e. The van der Waals surface area contributed by atoms with E-state index in [0.717, 1.165) is 28.8 Å². The molecule has 1 fully saturated rings. The Labute approximate surface area is 152 Å². The van der Waals surface area contributed by atoms with Crippen molar-refractivity contribution in [2.45, 2.75) is 19.6 Å². The number of carbonyl (C=O) groups is 1. The highest BCUT2D eigenvalue weighted by Gasteiger charge is 2.33. The van der Waals surface area contributed by atoms with E-state index in [-0.39, 0.29) is 12.0 Å². The van der Waals surface area contributed by atoms with Crippen LogP contribution in [0.25, 0.3) is 10.9 Å². The second-order valence-corrected chi connectivity index (χ2v) is 6.48. The molecule has 0 aliphatic carbocycles. The van der Waals surface area contributed by atoms with Gasteiger partial charge in [-0.25, -0.2) is 0 Å². The number of aryl methyl sites for hydroxylation is 1. The van der Waals surface area contributed by atoms with Gasteiger partial charge in [0.2, 0.25) is 0 Å². The highest BCUT2D eigenvalue weighted by molar-refractivity contribution is 5.98. The van der Waals surface area contributed by atoms with Crippen LogP contribution in [0.4, 0.5) is 0 Å². The summed E-state index contributed by atoms with van der Waals surface area (Å²) < 4.78 is 13.4. The van der Waals surface area contributed by atoms with E-state index >= 15 is 0 Å². The van der Waals surface area contributed by atoms with Crippen molar-refractivity contribution < 1.29 is 14.3 Å². The molecule has 1 aromatic heterocycles. The maximum atomic E-state index is 12.7. The van der Waals surface area contributed by atoms with E-state index in [4.69, 9.17) is 9.47 Å². The number of aromatic nitrogens is 1. The third-order valence-electron chi connectivity index (χ3n) is 4.86. The van der Waals surface area contributed by atoms with Gasteiger partial charge in [-0.05, 0) is 43.3 Å². The zero-order chi connectivity index (χ0) is 18.1. The molecule has 0 saturated carbocycles. The smallest absolute Gasteiger partial charge is 0.254 e.